The number of hydrogen-bond acceptors (Lipinski definition) is 7. The third-order valence-corrected chi connectivity index (χ3v) is 3.61. The van der Waals surface area contributed by atoms with Crippen LogP contribution in [0.15, 0.2) is 18.3 Å². The van der Waals surface area contributed by atoms with E-state index in [4.69, 9.17) is 10.5 Å². The molecule has 2 N–H and O–H groups in total. The van der Waals surface area contributed by atoms with E-state index in [1.165, 1.54) is 6.20 Å². The second-order valence-corrected chi connectivity index (χ2v) is 5.03. The fourth-order valence-corrected chi connectivity index (χ4v) is 2.48. The molecule has 1 aliphatic heterocycles. The molecule has 7 nitrogen and oxygen atoms in total. The van der Waals surface area contributed by atoms with Gasteiger partial charge in [0.1, 0.15) is 18.1 Å². The van der Waals surface area contributed by atoms with E-state index in [-0.39, 0.29) is 6.04 Å². The van der Waals surface area contributed by atoms with Crippen LogP contribution >= 0.6 is 0 Å². The third-order valence-electron chi connectivity index (χ3n) is 3.61. The van der Waals surface area contributed by atoms with Gasteiger partial charge < -0.3 is 10.1 Å². The fourth-order valence-electron chi connectivity index (χ4n) is 2.48. The van der Waals surface area contributed by atoms with Crippen molar-refractivity contribution in [2.45, 2.75) is 25.0 Å². The number of aromatic nitrogens is 1. The zero-order valence-corrected chi connectivity index (χ0v) is 12.2. The van der Waals surface area contributed by atoms with E-state index in [0.29, 0.717) is 24.5 Å². The summed E-state index contributed by atoms with van der Waals surface area (Å²) in [5.74, 6) is 0.680. The highest BCUT2D eigenvalue weighted by Gasteiger charge is 2.29. The molecule has 0 amide bonds. The van der Waals surface area contributed by atoms with Crippen LogP contribution in [0.25, 0.3) is 0 Å². The smallest absolute Gasteiger partial charge is 0.151 e. The van der Waals surface area contributed by atoms with Gasteiger partial charge in [0.25, 0.3) is 0 Å². The maximum atomic E-state index is 11.2. The SMILES string of the molecule is N#Cc1ccc(NCCNC(C=O)N2CCCC2C#N)nc1. The lowest BCUT2D eigenvalue weighted by Gasteiger charge is -2.26. The Balaban J connectivity index is 1.76. The van der Waals surface area contributed by atoms with Gasteiger partial charge in [-0.3, -0.25) is 10.2 Å². The molecule has 2 unspecified atom stereocenters. The molecule has 0 aliphatic carbocycles. The Hall–Kier alpha value is -2.48. The zero-order chi connectivity index (χ0) is 15.8. The average molecular weight is 298 g/mol. The topological polar surface area (TPSA) is 105 Å². The maximum absolute atomic E-state index is 11.2. The van der Waals surface area contributed by atoms with Crippen molar-refractivity contribution in [2.24, 2.45) is 0 Å². The van der Waals surface area contributed by atoms with E-state index in [1.54, 1.807) is 12.1 Å². The molecule has 0 radical (unpaired) electrons. The highest BCUT2D eigenvalue weighted by Crippen LogP contribution is 2.17. The second-order valence-electron chi connectivity index (χ2n) is 5.03. The standard InChI is InChI=1S/C15H18N6O/c16-8-12-3-4-14(20-10-12)18-5-6-19-15(11-22)21-7-1-2-13(21)9-17/h3-4,10-11,13,15,19H,1-2,5-7H2,(H,18,20). The minimum Gasteiger partial charge on any atom is -0.369 e. The van der Waals surface area contributed by atoms with E-state index in [9.17, 15) is 4.79 Å². The van der Waals surface area contributed by atoms with Crippen molar-refractivity contribution in [3.8, 4) is 12.1 Å². The van der Waals surface area contributed by atoms with E-state index in [0.717, 1.165) is 25.7 Å². The van der Waals surface area contributed by atoms with Gasteiger partial charge in [-0.15, -0.1) is 0 Å². The Morgan fingerprint density at radius 1 is 1.45 bits per heavy atom. The number of aldehydes is 1. The van der Waals surface area contributed by atoms with Crippen molar-refractivity contribution in [1.29, 1.82) is 10.5 Å². The second kappa shape index (κ2) is 8.08. The molecule has 114 valence electrons. The molecule has 0 spiro atoms. The van der Waals surface area contributed by atoms with E-state index in [1.807, 2.05) is 11.0 Å². The minimum atomic E-state index is -0.428. The molecule has 2 heterocycles. The predicted molar refractivity (Wildman–Crippen MR) is 80.6 cm³/mol. The number of pyridine rings is 1. The van der Waals surface area contributed by atoms with Gasteiger partial charge in [-0.1, -0.05) is 0 Å². The average Bonchev–Trinajstić information content (AvgIpc) is 3.04. The quantitative estimate of drug-likeness (QED) is 0.557. The van der Waals surface area contributed by atoms with Crippen LogP contribution in [-0.2, 0) is 4.79 Å². The van der Waals surface area contributed by atoms with Crippen molar-refractivity contribution in [3.63, 3.8) is 0 Å². The van der Waals surface area contributed by atoms with Gasteiger partial charge in [0.2, 0.25) is 0 Å². The van der Waals surface area contributed by atoms with Crippen LogP contribution in [0, 0.1) is 22.7 Å². The Kier molecular flexibility index (Phi) is 5.84. The molecule has 0 saturated carbocycles. The summed E-state index contributed by atoms with van der Waals surface area (Å²) < 4.78 is 0. The number of rotatable bonds is 7. The first-order valence-electron chi connectivity index (χ1n) is 7.22. The Bertz CT molecular complexity index is 573. The summed E-state index contributed by atoms with van der Waals surface area (Å²) in [5, 5.41) is 24.0. The maximum Gasteiger partial charge on any atom is 0.151 e. The number of nitrogens with one attached hydrogen (secondary N) is 2. The summed E-state index contributed by atoms with van der Waals surface area (Å²) >= 11 is 0. The van der Waals surface area contributed by atoms with Crippen molar-refractivity contribution in [2.75, 3.05) is 25.0 Å². The van der Waals surface area contributed by atoms with Gasteiger partial charge in [0, 0.05) is 25.8 Å². The first-order valence-corrected chi connectivity index (χ1v) is 7.22. The zero-order valence-electron chi connectivity index (χ0n) is 12.2. The molecular weight excluding hydrogens is 280 g/mol. The number of likely N-dealkylation sites (tertiary alicyclic amines) is 1. The van der Waals surface area contributed by atoms with Crippen LogP contribution in [0.4, 0.5) is 5.82 Å². The summed E-state index contributed by atoms with van der Waals surface area (Å²) in [6.07, 6.45) is 3.68. The molecule has 0 bridgehead atoms. The summed E-state index contributed by atoms with van der Waals surface area (Å²) in [7, 11) is 0. The number of anilines is 1. The van der Waals surface area contributed by atoms with Gasteiger partial charge in [0.05, 0.1) is 17.7 Å². The van der Waals surface area contributed by atoms with Crippen molar-refractivity contribution in [3.05, 3.63) is 23.9 Å². The lowest BCUT2D eigenvalue weighted by Crippen LogP contribution is -2.49. The van der Waals surface area contributed by atoms with E-state index < -0.39 is 6.17 Å². The summed E-state index contributed by atoms with van der Waals surface area (Å²) in [4.78, 5) is 17.2. The van der Waals surface area contributed by atoms with Crippen molar-refractivity contribution >= 4 is 12.1 Å². The van der Waals surface area contributed by atoms with Crippen LogP contribution < -0.4 is 10.6 Å². The van der Waals surface area contributed by atoms with Gasteiger partial charge in [0.15, 0.2) is 6.29 Å². The van der Waals surface area contributed by atoms with Crippen LogP contribution in [0.1, 0.15) is 18.4 Å². The van der Waals surface area contributed by atoms with Gasteiger partial charge >= 0.3 is 0 Å². The number of hydrogen-bond donors (Lipinski definition) is 2. The van der Waals surface area contributed by atoms with Gasteiger partial charge in [-0.05, 0) is 25.0 Å². The lowest BCUT2D eigenvalue weighted by atomic mass is 10.2. The molecule has 2 atom stereocenters. The first kappa shape index (κ1) is 15.9. The van der Waals surface area contributed by atoms with Gasteiger partial charge in [-0.2, -0.15) is 10.5 Å². The van der Waals surface area contributed by atoms with Crippen LogP contribution in [-0.4, -0.2) is 48.0 Å². The normalized spacial score (nSPS) is 19.1. The number of nitriles is 2. The van der Waals surface area contributed by atoms with Crippen LogP contribution in [0.3, 0.4) is 0 Å². The number of carbonyl (C=O) groups is 1. The third kappa shape index (κ3) is 4.01. The van der Waals surface area contributed by atoms with E-state index in [2.05, 4.69) is 21.7 Å². The monoisotopic (exact) mass is 298 g/mol. The van der Waals surface area contributed by atoms with Crippen molar-refractivity contribution < 1.29 is 4.79 Å². The van der Waals surface area contributed by atoms with Crippen molar-refractivity contribution in [1.82, 2.24) is 15.2 Å². The minimum absolute atomic E-state index is 0.184. The molecule has 7 heteroatoms. The molecule has 0 aromatic carbocycles. The first-order chi connectivity index (χ1) is 10.8. The molecule has 22 heavy (non-hydrogen) atoms. The summed E-state index contributed by atoms with van der Waals surface area (Å²) in [6.45, 7) is 1.92. The van der Waals surface area contributed by atoms with Crippen LogP contribution in [0.2, 0.25) is 0 Å². The lowest BCUT2D eigenvalue weighted by molar-refractivity contribution is -0.113. The summed E-state index contributed by atoms with van der Waals surface area (Å²) in [6, 6.07) is 7.49. The Morgan fingerprint density at radius 3 is 2.95 bits per heavy atom. The molecular formula is C15H18N6O. The molecule has 1 aromatic heterocycles. The fraction of sp³-hybridized carbons (Fsp3) is 0.467. The molecule has 1 aliphatic rings. The summed E-state index contributed by atoms with van der Waals surface area (Å²) in [5.41, 5.74) is 0.515. The largest absolute Gasteiger partial charge is 0.369 e. The van der Waals surface area contributed by atoms with Crippen LogP contribution in [0.5, 0.6) is 0 Å². The Morgan fingerprint density at radius 2 is 2.32 bits per heavy atom. The number of carbonyl (C=O) groups excluding carboxylic acids is 1. The highest BCUT2D eigenvalue weighted by molar-refractivity contribution is 5.57. The molecule has 1 fully saturated rings. The predicted octanol–water partition coefficient (Wildman–Crippen LogP) is 0.468. The van der Waals surface area contributed by atoms with Gasteiger partial charge in [-0.25, -0.2) is 4.98 Å². The highest BCUT2D eigenvalue weighted by atomic mass is 16.1. The Labute approximate surface area is 129 Å². The molecule has 1 aromatic rings. The number of nitrogens with zero attached hydrogens (tertiary/aromatic N) is 4. The van der Waals surface area contributed by atoms with E-state index >= 15 is 0 Å². The molecule has 2 rings (SSSR count). The molecule has 1 saturated heterocycles.